The number of aryl methyl sites for hydroxylation is 1. The number of rotatable bonds is 4. The fraction of sp³-hybridized carbons (Fsp3) is 0.238. The van der Waals surface area contributed by atoms with E-state index in [1.165, 1.54) is 34.9 Å². The molecular formula is C21H18FN3O5S. The van der Waals surface area contributed by atoms with E-state index in [0.29, 0.717) is 18.0 Å². The number of hydrogen-bond donors (Lipinski definition) is 3. The van der Waals surface area contributed by atoms with E-state index >= 15 is 0 Å². The van der Waals surface area contributed by atoms with Crippen LogP contribution in [0.25, 0.3) is 10.9 Å². The summed E-state index contributed by atoms with van der Waals surface area (Å²) in [5.74, 6) is -1.53. The minimum absolute atomic E-state index is 0.0210. The molecule has 0 radical (unpaired) electrons. The van der Waals surface area contributed by atoms with Crippen molar-refractivity contribution in [3.63, 3.8) is 0 Å². The largest absolute Gasteiger partial charge is 0.506 e. The van der Waals surface area contributed by atoms with E-state index in [1.807, 2.05) is 0 Å². The predicted octanol–water partition coefficient (Wildman–Crippen LogP) is 2.91. The molecule has 1 saturated carbocycles. The average molecular weight is 443 g/mol. The number of benzene rings is 2. The minimum Gasteiger partial charge on any atom is -0.506 e. The zero-order valence-electron chi connectivity index (χ0n) is 16.2. The molecule has 8 nitrogen and oxygen atoms in total. The van der Waals surface area contributed by atoms with Crippen LogP contribution >= 0.6 is 0 Å². The van der Waals surface area contributed by atoms with E-state index in [4.69, 9.17) is 0 Å². The Morgan fingerprint density at radius 1 is 1.19 bits per heavy atom. The van der Waals surface area contributed by atoms with Crippen molar-refractivity contribution in [3.8, 4) is 11.5 Å². The molecule has 2 aliphatic rings. The number of hydrogen-bond acceptors (Lipinski definition) is 6. The molecule has 0 atom stereocenters. The van der Waals surface area contributed by atoms with Gasteiger partial charge in [0.25, 0.3) is 15.6 Å². The molecule has 0 saturated heterocycles. The van der Waals surface area contributed by atoms with E-state index in [1.54, 1.807) is 0 Å². The van der Waals surface area contributed by atoms with Gasteiger partial charge in [-0.3, -0.25) is 4.79 Å². The van der Waals surface area contributed by atoms with Crippen LogP contribution in [0.5, 0.6) is 11.5 Å². The fourth-order valence-corrected chi connectivity index (χ4v) is 5.08. The number of pyridine rings is 1. The number of nitrogens with zero attached hydrogens (tertiary/aromatic N) is 2. The summed E-state index contributed by atoms with van der Waals surface area (Å²) in [6.45, 7) is 0.344. The van der Waals surface area contributed by atoms with Gasteiger partial charge < -0.3 is 20.1 Å². The van der Waals surface area contributed by atoms with Gasteiger partial charge in [0.1, 0.15) is 22.9 Å². The third kappa shape index (κ3) is 3.23. The number of phenolic OH excluding ortho intramolecular Hbond substituents is 1. The van der Waals surface area contributed by atoms with Gasteiger partial charge in [0, 0.05) is 11.9 Å². The normalized spacial score (nSPS) is 17.1. The molecule has 1 aliphatic carbocycles. The highest BCUT2D eigenvalue weighted by molar-refractivity contribution is 7.90. The van der Waals surface area contributed by atoms with Gasteiger partial charge >= 0.3 is 0 Å². The summed E-state index contributed by atoms with van der Waals surface area (Å²) in [6, 6.07) is 7.77. The lowest BCUT2D eigenvalue weighted by molar-refractivity contribution is 0.459. The van der Waals surface area contributed by atoms with Crippen LogP contribution in [0.4, 0.5) is 10.1 Å². The Morgan fingerprint density at radius 3 is 2.71 bits per heavy atom. The van der Waals surface area contributed by atoms with E-state index < -0.39 is 37.8 Å². The van der Waals surface area contributed by atoms with Crippen molar-refractivity contribution >= 4 is 32.4 Å². The molecule has 0 spiro atoms. The van der Waals surface area contributed by atoms with Gasteiger partial charge in [-0.15, -0.1) is 4.40 Å². The number of nitrogens with one attached hydrogen (secondary N) is 1. The van der Waals surface area contributed by atoms with Crippen LogP contribution in [0.2, 0.25) is 0 Å². The van der Waals surface area contributed by atoms with Crippen molar-refractivity contribution in [2.75, 3.05) is 5.32 Å². The molecule has 0 bridgehead atoms. The number of phenols is 1. The standard InChI is InChI=1S/C21H18FN3O5S/c22-12-6-7-15-13(10-12)18(27)17(21(28)25(15)9-8-11-4-5-11)20-23-14-2-1-3-16(26)19(14)31(29,30)24-20/h1-3,6-7,10-11,26-27H,4-5,8-9H2,(H,23,24). The lowest BCUT2D eigenvalue weighted by Crippen LogP contribution is -2.33. The second-order valence-corrected chi connectivity index (χ2v) is 9.31. The molecular weight excluding hydrogens is 425 g/mol. The Balaban J connectivity index is 1.75. The Bertz CT molecular complexity index is 1440. The van der Waals surface area contributed by atoms with Gasteiger partial charge in [-0.25, -0.2) is 4.39 Å². The van der Waals surface area contributed by atoms with Crippen LogP contribution in [0.1, 0.15) is 24.8 Å². The summed E-state index contributed by atoms with van der Waals surface area (Å²) in [6.07, 6.45) is 2.91. The smallest absolute Gasteiger partial charge is 0.290 e. The first-order valence-corrected chi connectivity index (χ1v) is 11.2. The second kappa shape index (κ2) is 6.81. The molecule has 1 aliphatic heterocycles. The monoisotopic (exact) mass is 443 g/mol. The summed E-state index contributed by atoms with van der Waals surface area (Å²) in [7, 11) is -4.35. The number of aromatic nitrogens is 1. The van der Waals surface area contributed by atoms with Gasteiger partial charge in [-0.1, -0.05) is 18.9 Å². The summed E-state index contributed by atoms with van der Waals surface area (Å²) in [5, 5.41) is 23.6. The summed E-state index contributed by atoms with van der Waals surface area (Å²) >= 11 is 0. The van der Waals surface area contributed by atoms with Crippen LogP contribution in [0.3, 0.4) is 0 Å². The van der Waals surface area contributed by atoms with Crippen molar-refractivity contribution < 1.29 is 23.0 Å². The summed E-state index contributed by atoms with van der Waals surface area (Å²) < 4.78 is 44.4. The van der Waals surface area contributed by atoms with Crippen LogP contribution in [-0.2, 0) is 16.6 Å². The lowest BCUT2D eigenvalue weighted by atomic mass is 10.1. The molecule has 1 fully saturated rings. The third-order valence-corrected chi connectivity index (χ3v) is 6.98. The number of amidine groups is 1. The summed E-state index contributed by atoms with van der Waals surface area (Å²) in [5.41, 5.74) is -0.632. The van der Waals surface area contributed by atoms with Gasteiger partial charge in [0.05, 0.1) is 11.2 Å². The first kappa shape index (κ1) is 19.6. The molecule has 5 rings (SSSR count). The van der Waals surface area contributed by atoms with Crippen LogP contribution < -0.4 is 10.9 Å². The number of fused-ring (bicyclic) bond motifs is 2. The van der Waals surface area contributed by atoms with Crippen molar-refractivity contribution in [1.82, 2.24) is 4.57 Å². The zero-order chi connectivity index (χ0) is 21.9. The second-order valence-electron chi connectivity index (χ2n) is 7.77. The lowest BCUT2D eigenvalue weighted by Gasteiger charge is -2.21. The van der Waals surface area contributed by atoms with Crippen LogP contribution in [0, 0.1) is 11.7 Å². The van der Waals surface area contributed by atoms with Crippen LogP contribution in [-0.4, -0.2) is 29.0 Å². The first-order valence-electron chi connectivity index (χ1n) is 9.75. The molecule has 3 N–H and O–H groups in total. The van der Waals surface area contributed by atoms with E-state index in [0.717, 1.165) is 25.3 Å². The van der Waals surface area contributed by atoms with Crippen LogP contribution in [0.15, 0.2) is 50.5 Å². The topological polar surface area (TPSA) is 121 Å². The highest BCUT2D eigenvalue weighted by atomic mass is 32.2. The Kier molecular flexibility index (Phi) is 4.30. The predicted molar refractivity (Wildman–Crippen MR) is 113 cm³/mol. The Hall–Kier alpha value is -3.40. The van der Waals surface area contributed by atoms with Crippen molar-refractivity contribution in [3.05, 3.63) is 58.1 Å². The molecule has 1 aromatic heterocycles. The van der Waals surface area contributed by atoms with Gasteiger partial charge in [-0.05, 0) is 42.7 Å². The van der Waals surface area contributed by atoms with E-state index in [9.17, 15) is 27.8 Å². The number of aromatic hydroxyl groups is 2. The van der Waals surface area contributed by atoms with Crippen molar-refractivity contribution in [1.29, 1.82) is 0 Å². The summed E-state index contributed by atoms with van der Waals surface area (Å²) in [4.78, 5) is 12.9. The number of anilines is 1. The molecule has 2 aromatic carbocycles. The van der Waals surface area contributed by atoms with Gasteiger partial charge in [0.15, 0.2) is 10.7 Å². The Morgan fingerprint density at radius 2 is 1.97 bits per heavy atom. The maximum atomic E-state index is 13.9. The minimum atomic E-state index is -4.35. The molecule has 0 amide bonds. The highest BCUT2D eigenvalue weighted by Gasteiger charge is 2.32. The van der Waals surface area contributed by atoms with Gasteiger partial charge in [-0.2, -0.15) is 8.42 Å². The fourth-order valence-electron chi connectivity index (χ4n) is 3.89. The molecule has 0 unspecified atom stereocenters. The molecule has 31 heavy (non-hydrogen) atoms. The molecule has 160 valence electrons. The Labute approximate surface area is 176 Å². The SMILES string of the molecule is O=c1c(C2=NS(=O)(=O)c3c(O)cccc3N2)c(O)c2cc(F)ccc2n1CCC1CC1. The van der Waals surface area contributed by atoms with E-state index in [2.05, 4.69) is 9.71 Å². The van der Waals surface area contributed by atoms with Crippen molar-refractivity contribution in [2.24, 2.45) is 10.3 Å². The zero-order valence-corrected chi connectivity index (χ0v) is 17.0. The average Bonchev–Trinajstić information content (AvgIpc) is 3.52. The maximum Gasteiger partial charge on any atom is 0.290 e. The first-order chi connectivity index (χ1) is 14.8. The quantitative estimate of drug-likeness (QED) is 0.570. The third-order valence-electron chi connectivity index (χ3n) is 5.61. The number of sulfonamides is 1. The molecule has 2 heterocycles. The van der Waals surface area contributed by atoms with E-state index in [-0.39, 0.29) is 22.5 Å². The van der Waals surface area contributed by atoms with Gasteiger partial charge in [0.2, 0.25) is 0 Å². The molecule has 3 aromatic rings. The molecule has 10 heteroatoms. The number of halogens is 1. The van der Waals surface area contributed by atoms with Crippen molar-refractivity contribution in [2.45, 2.75) is 30.7 Å². The maximum absolute atomic E-state index is 13.9. The highest BCUT2D eigenvalue weighted by Crippen LogP contribution is 2.37.